The van der Waals surface area contributed by atoms with Crippen LogP contribution in [0.25, 0.3) is 11.3 Å². The Labute approximate surface area is 162 Å². The van der Waals surface area contributed by atoms with Crippen molar-refractivity contribution in [1.29, 1.82) is 0 Å². The van der Waals surface area contributed by atoms with Gasteiger partial charge in [0.15, 0.2) is 6.61 Å². The van der Waals surface area contributed by atoms with Crippen molar-refractivity contribution in [2.75, 3.05) is 24.7 Å². The Morgan fingerprint density at radius 3 is 2.85 bits per heavy atom. The lowest BCUT2D eigenvalue weighted by Crippen LogP contribution is -2.39. The van der Waals surface area contributed by atoms with Crippen molar-refractivity contribution in [1.82, 2.24) is 4.98 Å². The molecule has 138 valence electrons. The highest BCUT2D eigenvalue weighted by Gasteiger charge is 2.25. The van der Waals surface area contributed by atoms with E-state index in [1.165, 1.54) is 0 Å². The molecule has 6 heteroatoms. The number of para-hydroxylation sites is 1. The normalized spacial score (nSPS) is 13.2. The molecule has 3 aromatic rings. The lowest BCUT2D eigenvalue weighted by molar-refractivity contribution is -0.121. The Morgan fingerprint density at radius 2 is 2.04 bits per heavy atom. The summed E-state index contributed by atoms with van der Waals surface area (Å²) in [5.74, 6) is 1.61. The number of hydrogen-bond donors (Lipinski definition) is 0. The summed E-state index contributed by atoms with van der Waals surface area (Å²) in [6, 6.07) is 15.7. The van der Waals surface area contributed by atoms with Crippen LogP contribution in [0.4, 0.5) is 5.69 Å². The lowest BCUT2D eigenvalue weighted by atomic mass is 10.1. The van der Waals surface area contributed by atoms with Crippen LogP contribution in [0.2, 0.25) is 0 Å². The van der Waals surface area contributed by atoms with Crippen LogP contribution in [0.1, 0.15) is 12.8 Å². The molecule has 0 spiro atoms. The molecule has 5 nitrogen and oxygen atoms in total. The molecule has 2 aromatic carbocycles. The molecule has 4 rings (SSSR count). The first-order valence-corrected chi connectivity index (χ1v) is 9.89. The molecule has 0 bridgehead atoms. The minimum Gasteiger partial charge on any atom is -0.494 e. The van der Waals surface area contributed by atoms with Crippen LogP contribution in [0.5, 0.6) is 11.5 Å². The summed E-state index contributed by atoms with van der Waals surface area (Å²) in [5, 5.41) is 2.00. The molecule has 0 atom stereocenters. The number of amides is 1. The van der Waals surface area contributed by atoms with Gasteiger partial charge in [-0.1, -0.05) is 18.2 Å². The molecule has 0 unspecified atom stereocenters. The number of anilines is 1. The zero-order valence-electron chi connectivity index (χ0n) is 14.8. The molecule has 1 aliphatic heterocycles. The van der Waals surface area contributed by atoms with Crippen LogP contribution in [0.15, 0.2) is 59.4 Å². The first-order chi connectivity index (χ1) is 13.3. The van der Waals surface area contributed by atoms with E-state index in [4.69, 9.17) is 9.47 Å². The zero-order valence-corrected chi connectivity index (χ0v) is 15.7. The largest absolute Gasteiger partial charge is 0.494 e. The third kappa shape index (κ3) is 4.11. The fourth-order valence-electron chi connectivity index (χ4n) is 3.04. The van der Waals surface area contributed by atoms with E-state index < -0.39 is 0 Å². The van der Waals surface area contributed by atoms with Crippen LogP contribution in [0.3, 0.4) is 0 Å². The molecule has 0 radical (unpaired) electrons. The monoisotopic (exact) mass is 380 g/mol. The van der Waals surface area contributed by atoms with Gasteiger partial charge in [0.25, 0.3) is 5.91 Å². The summed E-state index contributed by atoms with van der Waals surface area (Å²) in [6.07, 6.45) is 1.74. The number of unbranched alkanes of at least 4 members (excludes halogenated alkanes) is 1. The standard InChI is InChI=1S/C21H20N2O3S/c24-21-13-26-20-9-8-16(18-14-27-15-22-18)12-19(20)23(21)10-4-5-11-25-17-6-2-1-3-7-17/h1-3,6-9,12,14-15H,4-5,10-11,13H2. The molecule has 1 aromatic heterocycles. The van der Waals surface area contributed by atoms with Gasteiger partial charge in [-0.15, -0.1) is 11.3 Å². The van der Waals surface area contributed by atoms with Gasteiger partial charge in [-0.05, 0) is 43.2 Å². The highest BCUT2D eigenvalue weighted by molar-refractivity contribution is 7.07. The predicted octanol–water partition coefficient (Wildman–Crippen LogP) is 4.39. The average Bonchev–Trinajstić information content (AvgIpc) is 3.24. The van der Waals surface area contributed by atoms with Gasteiger partial charge >= 0.3 is 0 Å². The highest BCUT2D eigenvalue weighted by Crippen LogP contribution is 2.36. The number of carbonyl (C=O) groups excluding carboxylic acids is 1. The second-order valence-corrected chi connectivity index (χ2v) is 6.98. The van der Waals surface area contributed by atoms with Crippen molar-refractivity contribution in [3.05, 3.63) is 59.4 Å². The van der Waals surface area contributed by atoms with Gasteiger partial charge in [0.05, 0.1) is 23.5 Å². The van der Waals surface area contributed by atoms with Gasteiger partial charge < -0.3 is 14.4 Å². The zero-order chi connectivity index (χ0) is 18.5. The summed E-state index contributed by atoms with van der Waals surface area (Å²) in [6.45, 7) is 1.37. The SMILES string of the molecule is O=C1COc2ccc(-c3cscn3)cc2N1CCCCOc1ccccc1. The fourth-order valence-corrected chi connectivity index (χ4v) is 3.60. The Bertz CT molecular complexity index is 897. The number of rotatable bonds is 7. The van der Waals surface area contributed by atoms with E-state index in [1.54, 1.807) is 16.8 Å². The molecule has 0 saturated carbocycles. The molecular weight excluding hydrogens is 360 g/mol. The topological polar surface area (TPSA) is 51.7 Å². The predicted molar refractivity (Wildman–Crippen MR) is 107 cm³/mol. The third-order valence-electron chi connectivity index (χ3n) is 4.42. The number of hydrogen-bond acceptors (Lipinski definition) is 5. The van der Waals surface area contributed by atoms with Gasteiger partial charge in [-0.2, -0.15) is 0 Å². The smallest absolute Gasteiger partial charge is 0.265 e. The van der Waals surface area contributed by atoms with Crippen molar-refractivity contribution in [3.8, 4) is 22.8 Å². The van der Waals surface area contributed by atoms with Crippen LogP contribution in [-0.2, 0) is 4.79 Å². The quantitative estimate of drug-likeness (QED) is 0.570. The molecule has 0 saturated heterocycles. The van der Waals surface area contributed by atoms with E-state index >= 15 is 0 Å². The van der Waals surface area contributed by atoms with Crippen LogP contribution < -0.4 is 14.4 Å². The number of aromatic nitrogens is 1. The van der Waals surface area contributed by atoms with Crippen molar-refractivity contribution in [2.24, 2.45) is 0 Å². The molecule has 0 aliphatic carbocycles. The second kappa shape index (κ2) is 8.22. The fraction of sp³-hybridized carbons (Fsp3) is 0.238. The Kier molecular flexibility index (Phi) is 5.34. The maximum Gasteiger partial charge on any atom is 0.265 e. The Hall–Kier alpha value is -2.86. The van der Waals surface area contributed by atoms with Gasteiger partial charge in [-0.25, -0.2) is 4.98 Å². The average molecular weight is 380 g/mol. The van der Waals surface area contributed by atoms with E-state index in [-0.39, 0.29) is 12.5 Å². The van der Waals surface area contributed by atoms with E-state index in [0.717, 1.165) is 41.3 Å². The highest BCUT2D eigenvalue weighted by atomic mass is 32.1. The lowest BCUT2D eigenvalue weighted by Gasteiger charge is -2.29. The van der Waals surface area contributed by atoms with Crippen molar-refractivity contribution in [2.45, 2.75) is 12.8 Å². The van der Waals surface area contributed by atoms with Crippen LogP contribution in [0, 0.1) is 0 Å². The Balaban J connectivity index is 1.39. The summed E-state index contributed by atoms with van der Waals surface area (Å²) in [4.78, 5) is 18.6. The van der Waals surface area contributed by atoms with E-state index in [9.17, 15) is 4.79 Å². The molecule has 0 N–H and O–H groups in total. The van der Waals surface area contributed by atoms with Crippen LogP contribution >= 0.6 is 11.3 Å². The maximum absolute atomic E-state index is 12.4. The molecule has 2 heterocycles. The molecule has 27 heavy (non-hydrogen) atoms. The van der Waals surface area contributed by atoms with E-state index in [1.807, 2.05) is 58.8 Å². The molecular formula is C21H20N2O3S. The van der Waals surface area contributed by atoms with Gasteiger partial charge in [0.2, 0.25) is 0 Å². The van der Waals surface area contributed by atoms with E-state index in [2.05, 4.69) is 4.98 Å². The van der Waals surface area contributed by atoms with Crippen molar-refractivity contribution >= 4 is 22.9 Å². The number of fused-ring (bicyclic) bond motifs is 1. The maximum atomic E-state index is 12.4. The van der Waals surface area contributed by atoms with Crippen LogP contribution in [-0.4, -0.2) is 30.6 Å². The second-order valence-electron chi connectivity index (χ2n) is 6.26. The summed E-state index contributed by atoms with van der Waals surface area (Å²) >= 11 is 1.55. The molecule has 1 aliphatic rings. The number of carbonyl (C=O) groups is 1. The molecule has 1 amide bonds. The number of benzene rings is 2. The molecule has 0 fully saturated rings. The number of thiazole rings is 1. The van der Waals surface area contributed by atoms with Gasteiger partial charge in [0, 0.05) is 17.5 Å². The number of ether oxygens (including phenoxy) is 2. The third-order valence-corrected chi connectivity index (χ3v) is 5.00. The number of nitrogens with zero attached hydrogens (tertiary/aromatic N) is 2. The minimum atomic E-state index is -0.0121. The van der Waals surface area contributed by atoms with Crippen molar-refractivity contribution in [3.63, 3.8) is 0 Å². The van der Waals surface area contributed by atoms with Crippen molar-refractivity contribution < 1.29 is 14.3 Å². The summed E-state index contributed by atoms with van der Waals surface area (Å²) in [5.41, 5.74) is 4.53. The summed E-state index contributed by atoms with van der Waals surface area (Å²) in [7, 11) is 0. The van der Waals surface area contributed by atoms with E-state index in [0.29, 0.717) is 13.2 Å². The van der Waals surface area contributed by atoms with Gasteiger partial charge in [-0.3, -0.25) is 4.79 Å². The van der Waals surface area contributed by atoms with Gasteiger partial charge in [0.1, 0.15) is 11.5 Å². The first-order valence-electron chi connectivity index (χ1n) is 8.95. The summed E-state index contributed by atoms with van der Waals surface area (Å²) < 4.78 is 11.3. The Morgan fingerprint density at radius 1 is 1.15 bits per heavy atom. The first kappa shape index (κ1) is 17.5. The minimum absolute atomic E-state index is 0.0121.